The lowest BCUT2D eigenvalue weighted by Crippen LogP contribution is -2.16. The van der Waals surface area contributed by atoms with Crippen LogP contribution in [0, 0.1) is 20.8 Å². The number of rotatable bonds is 6. The molecule has 1 aromatic heterocycles. The molecule has 0 fully saturated rings. The minimum absolute atomic E-state index is 0.713. The number of pyridine rings is 1. The van der Waals surface area contributed by atoms with Crippen LogP contribution in [0.4, 0.5) is 0 Å². The molecule has 0 saturated heterocycles. The second kappa shape index (κ2) is 7.23. The fourth-order valence-corrected chi connectivity index (χ4v) is 2.29. The lowest BCUT2D eigenvalue weighted by atomic mass is 10.1. The number of para-hydroxylation sites is 1. The molecule has 1 N–H and O–H groups in total. The van der Waals surface area contributed by atoms with Crippen molar-refractivity contribution >= 4 is 0 Å². The van der Waals surface area contributed by atoms with Crippen LogP contribution in [0.15, 0.2) is 30.3 Å². The van der Waals surface area contributed by atoms with Crippen LogP contribution in [0.2, 0.25) is 0 Å². The Kier molecular flexibility index (Phi) is 5.34. The molecular formula is C18H24N2O. The summed E-state index contributed by atoms with van der Waals surface area (Å²) in [7, 11) is 0. The van der Waals surface area contributed by atoms with Gasteiger partial charge in [0.1, 0.15) is 5.75 Å². The van der Waals surface area contributed by atoms with Crippen molar-refractivity contribution in [1.29, 1.82) is 0 Å². The zero-order valence-corrected chi connectivity index (χ0v) is 13.4. The van der Waals surface area contributed by atoms with E-state index in [9.17, 15) is 0 Å². The van der Waals surface area contributed by atoms with Crippen molar-refractivity contribution in [2.24, 2.45) is 0 Å². The van der Waals surface area contributed by atoms with Gasteiger partial charge in [-0.15, -0.1) is 0 Å². The average molecular weight is 284 g/mol. The molecule has 0 atom stereocenters. The van der Waals surface area contributed by atoms with E-state index in [2.05, 4.69) is 30.2 Å². The standard InChI is InChI=1S/C18H24N2O/c1-5-10-19-12-16-14(3)11-15(4)20-18(16)21-17-9-7-6-8-13(17)2/h6-9,11,19H,5,10,12H2,1-4H3. The molecule has 0 aliphatic rings. The molecule has 0 bridgehead atoms. The highest BCUT2D eigenvalue weighted by Gasteiger charge is 2.12. The Hall–Kier alpha value is -1.87. The number of hydrogen-bond donors (Lipinski definition) is 1. The maximum Gasteiger partial charge on any atom is 0.224 e. The van der Waals surface area contributed by atoms with E-state index in [1.165, 1.54) is 5.56 Å². The Balaban J connectivity index is 2.30. The zero-order valence-electron chi connectivity index (χ0n) is 13.4. The number of ether oxygens (including phenoxy) is 1. The van der Waals surface area contributed by atoms with Gasteiger partial charge in [0, 0.05) is 17.8 Å². The first kappa shape index (κ1) is 15.5. The van der Waals surface area contributed by atoms with Gasteiger partial charge in [0.15, 0.2) is 0 Å². The van der Waals surface area contributed by atoms with Gasteiger partial charge in [0.05, 0.1) is 0 Å². The lowest BCUT2D eigenvalue weighted by Gasteiger charge is -2.15. The van der Waals surface area contributed by atoms with Crippen molar-refractivity contribution in [3.05, 3.63) is 52.7 Å². The molecule has 0 saturated carbocycles. The maximum absolute atomic E-state index is 6.08. The average Bonchev–Trinajstić information content (AvgIpc) is 2.44. The Morgan fingerprint density at radius 2 is 1.86 bits per heavy atom. The van der Waals surface area contributed by atoms with Crippen LogP contribution in [-0.4, -0.2) is 11.5 Å². The smallest absolute Gasteiger partial charge is 0.224 e. The third-order valence-electron chi connectivity index (χ3n) is 3.47. The largest absolute Gasteiger partial charge is 0.438 e. The molecule has 21 heavy (non-hydrogen) atoms. The monoisotopic (exact) mass is 284 g/mol. The predicted octanol–water partition coefficient (Wildman–Crippen LogP) is 4.30. The van der Waals surface area contributed by atoms with Crippen molar-refractivity contribution in [3.63, 3.8) is 0 Å². The molecule has 0 spiro atoms. The van der Waals surface area contributed by atoms with Crippen LogP contribution in [0.5, 0.6) is 11.6 Å². The van der Waals surface area contributed by atoms with Crippen molar-refractivity contribution in [1.82, 2.24) is 10.3 Å². The van der Waals surface area contributed by atoms with E-state index in [0.29, 0.717) is 5.88 Å². The number of aryl methyl sites for hydroxylation is 3. The molecule has 3 nitrogen and oxygen atoms in total. The molecule has 3 heteroatoms. The van der Waals surface area contributed by atoms with E-state index < -0.39 is 0 Å². The summed E-state index contributed by atoms with van der Waals surface area (Å²) < 4.78 is 6.08. The van der Waals surface area contributed by atoms with Crippen molar-refractivity contribution in [3.8, 4) is 11.6 Å². The van der Waals surface area contributed by atoms with Gasteiger partial charge in [-0.3, -0.25) is 0 Å². The number of benzene rings is 1. The third-order valence-corrected chi connectivity index (χ3v) is 3.47. The highest BCUT2D eigenvalue weighted by atomic mass is 16.5. The number of nitrogens with one attached hydrogen (secondary N) is 1. The van der Waals surface area contributed by atoms with Crippen molar-refractivity contribution in [2.75, 3.05) is 6.54 Å². The molecule has 1 heterocycles. The Morgan fingerprint density at radius 3 is 2.57 bits per heavy atom. The topological polar surface area (TPSA) is 34.2 Å². The molecule has 0 radical (unpaired) electrons. The zero-order chi connectivity index (χ0) is 15.2. The molecule has 1 aromatic carbocycles. The number of nitrogens with zero attached hydrogens (tertiary/aromatic N) is 1. The first-order chi connectivity index (χ1) is 10.1. The normalized spacial score (nSPS) is 10.7. The molecule has 0 unspecified atom stereocenters. The van der Waals surface area contributed by atoms with Crippen molar-refractivity contribution in [2.45, 2.75) is 40.7 Å². The van der Waals surface area contributed by atoms with Crippen molar-refractivity contribution < 1.29 is 4.74 Å². The van der Waals surface area contributed by atoms with Crippen LogP contribution in [0.3, 0.4) is 0 Å². The molecule has 2 rings (SSSR count). The highest BCUT2D eigenvalue weighted by molar-refractivity contribution is 5.41. The van der Waals surface area contributed by atoms with E-state index in [1.807, 2.05) is 38.1 Å². The van der Waals surface area contributed by atoms with Gasteiger partial charge in [-0.1, -0.05) is 25.1 Å². The summed E-state index contributed by atoms with van der Waals surface area (Å²) >= 11 is 0. The summed E-state index contributed by atoms with van der Waals surface area (Å²) in [6.45, 7) is 10.1. The Labute approximate surface area is 127 Å². The van der Waals surface area contributed by atoms with Gasteiger partial charge >= 0.3 is 0 Å². The Morgan fingerprint density at radius 1 is 1.10 bits per heavy atom. The summed E-state index contributed by atoms with van der Waals surface area (Å²) in [6, 6.07) is 10.1. The second-order valence-corrected chi connectivity index (χ2v) is 5.41. The van der Waals surface area contributed by atoms with Crippen LogP contribution in [-0.2, 0) is 6.54 Å². The summed E-state index contributed by atoms with van der Waals surface area (Å²) in [5, 5.41) is 3.43. The number of hydrogen-bond acceptors (Lipinski definition) is 3. The predicted molar refractivity (Wildman–Crippen MR) is 87.0 cm³/mol. The Bertz CT molecular complexity index is 608. The molecular weight excluding hydrogens is 260 g/mol. The van der Waals surface area contributed by atoms with Gasteiger partial charge in [-0.2, -0.15) is 0 Å². The molecule has 0 amide bonds. The first-order valence-corrected chi connectivity index (χ1v) is 7.53. The minimum Gasteiger partial charge on any atom is -0.438 e. The molecule has 112 valence electrons. The molecule has 2 aromatic rings. The number of aromatic nitrogens is 1. The van der Waals surface area contributed by atoms with Crippen LogP contribution in [0.25, 0.3) is 0 Å². The molecule has 0 aliphatic heterocycles. The van der Waals surface area contributed by atoms with E-state index >= 15 is 0 Å². The second-order valence-electron chi connectivity index (χ2n) is 5.41. The van der Waals surface area contributed by atoms with Gasteiger partial charge in [-0.25, -0.2) is 4.98 Å². The van der Waals surface area contributed by atoms with Gasteiger partial charge in [-0.05, 0) is 57.0 Å². The summed E-state index contributed by atoms with van der Waals surface area (Å²) in [4.78, 5) is 4.59. The summed E-state index contributed by atoms with van der Waals surface area (Å²) in [5.41, 5.74) is 4.45. The van der Waals surface area contributed by atoms with Gasteiger partial charge < -0.3 is 10.1 Å². The third kappa shape index (κ3) is 4.05. The quantitative estimate of drug-likeness (QED) is 0.803. The minimum atomic E-state index is 0.713. The molecule has 0 aliphatic carbocycles. The maximum atomic E-state index is 6.08. The van der Waals surface area contributed by atoms with E-state index in [0.717, 1.165) is 42.1 Å². The SMILES string of the molecule is CCCNCc1c(C)cc(C)nc1Oc1ccccc1C. The highest BCUT2D eigenvalue weighted by Crippen LogP contribution is 2.28. The van der Waals surface area contributed by atoms with Gasteiger partial charge in [0.2, 0.25) is 5.88 Å². The lowest BCUT2D eigenvalue weighted by molar-refractivity contribution is 0.447. The summed E-state index contributed by atoms with van der Waals surface area (Å²) in [6.07, 6.45) is 1.12. The fraction of sp³-hybridized carbons (Fsp3) is 0.389. The van der Waals surface area contributed by atoms with Crippen LogP contribution < -0.4 is 10.1 Å². The fourth-order valence-electron chi connectivity index (χ4n) is 2.29. The van der Waals surface area contributed by atoms with E-state index in [-0.39, 0.29) is 0 Å². The van der Waals surface area contributed by atoms with Crippen LogP contribution >= 0.6 is 0 Å². The summed E-state index contributed by atoms with van der Waals surface area (Å²) in [5.74, 6) is 1.58. The van der Waals surface area contributed by atoms with Gasteiger partial charge in [0.25, 0.3) is 0 Å². The van der Waals surface area contributed by atoms with Crippen LogP contribution in [0.1, 0.15) is 35.7 Å². The first-order valence-electron chi connectivity index (χ1n) is 7.53. The van der Waals surface area contributed by atoms with E-state index in [4.69, 9.17) is 4.74 Å². The van der Waals surface area contributed by atoms with E-state index in [1.54, 1.807) is 0 Å².